The van der Waals surface area contributed by atoms with Gasteiger partial charge in [0, 0.05) is 30.3 Å². The van der Waals surface area contributed by atoms with Crippen LogP contribution in [-0.2, 0) is 21.2 Å². The fourth-order valence-corrected chi connectivity index (χ4v) is 4.77. The third-order valence-electron chi connectivity index (χ3n) is 4.35. The van der Waals surface area contributed by atoms with Gasteiger partial charge in [-0.25, -0.2) is 17.2 Å². The Morgan fingerprint density at radius 2 is 1.80 bits per heavy atom. The van der Waals surface area contributed by atoms with Crippen molar-refractivity contribution in [1.82, 2.24) is 10.3 Å². The third-order valence-corrected chi connectivity index (χ3v) is 6.65. The quantitative estimate of drug-likeness (QED) is 0.610. The number of carbonyl (C=O) groups is 1. The summed E-state index contributed by atoms with van der Waals surface area (Å²) < 4.78 is 55.2. The molecule has 0 spiro atoms. The number of hydrogen-bond acceptors (Lipinski definition) is 4. The maximum atomic E-state index is 14.6. The molecule has 0 saturated carbocycles. The van der Waals surface area contributed by atoms with E-state index in [4.69, 9.17) is 11.6 Å². The van der Waals surface area contributed by atoms with Crippen LogP contribution in [0.1, 0.15) is 29.0 Å². The Kier molecular flexibility index (Phi) is 6.48. The Labute approximate surface area is 177 Å². The highest BCUT2D eigenvalue weighted by atomic mass is 35.5. The molecule has 5 nitrogen and oxygen atoms in total. The molecule has 3 rings (SSSR count). The monoisotopic (exact) mass is 450 g/mol. The number of benzene rings is 2. The molecule has 1 heterocycles. The highest BCUT2D eigenvalue weighted by Crippen LogP contribution is 2.36. The summed E-state index contributed by atoms with van der Waals surface area (Å²) in [6.07, 6.45) is 1.38. The lowest BCUT2D eigenvalue weighted by molar-refractivity contribution is -0.119. The first kappa shape index (κ1) is 21.9. The lowest BCUT2D eigenvalue weighted by atomic mass is 10.1. The molecule has 0 aliphatic carbocycles. The summed E-state index contributed by atoms with van der Waals surface area (Å²) in [7, 11) is -4.20. The molecule has 0 radical (unpaired) electrons. The number of nitrogens with zero attached hydrogens (tertiary/aromatic N) is 1. The van der Waals surface area contributed by atoms with Crippen LogP contribution >= 0.6 is 11.6 Å². The molecular formula is C21H17ClF2N2O3S. The normalized spacial score (nSPS) is 12.4. The first-order valence-corrected chi connectivity index (χ1v) is 10.7. The molecule has 2 aromatic carbocycles. The molecule has 1 amide bonds. The molecule has 3 aromatic rings. The zero-order chi connectivity index (χ0) is 21.9. The molecule has 1 aromatic heterocycles. The third kappa shape index (κ3) is 4.83. The summed E-state index contributed by atoms with van der Waals surface area (Å²) in [4.78, 5) is 15.1. The van der Waals surface area contributed by atoms with Crippen LogP contribution in [0.4, 0.5) is 8.78 Å². The van der Waals surface area contributed by atoms with Crippen LogP contribution in [0.25, 0.3) is 0 Å². The van der Waals surface area contributed by atoms with Crippen molar-refractivity contribution in [2.75, 3.05) is 0 Å². The van der Waals surface area contributed by atoms with Gasteiger partial charge in [-0.15, -0.1) is 0 Å². The number of carbonyl (C=O) groups excluding carboxylic acids is 1. The van der Waals surface area contributed by atoms with E-state index in [0.717, 1.165) is 18.2 Å². The van der Waals surface area contributed by atoms with E-state index in [-0.39, 0.29) is 28.6 Å². The maximum Gasteiger partial charge on any atom is 0.217 e. The van der Waals surface area contributed by atoms with E-state index >= 15 is 0 Å². The first-order valence-electron chi connectivity index (χ1n) is 8.82. The number of halogens is 3. The Balaban J connectivity index is 2.12. The predicted octanol–water partition coefficient (Wildman–Crippen LogP) is 4.21. The standard InChI is InChI=1S/C21H17ClF2N2O3S/c1-13(27)25-11-14-2-9-20(26-12-14)21(18-10-16(23)5-8-19(18)24)30(28,29)17-6-3-15(22)4-7-17/h2-10,12,21H,11H2,1H3,(H,25,27). The van der Waals surface area contributed by atoms with E-state index in [1.807, 2.05) is 0 Å². The summed E-state index contributed by atoms with van der Waals surface area (Å²) in [5.74, 6) is -1.88. The van der Waals surface area contributed by atoms with Crippen molar-refractivity contribution in [3.05, 3.63) is 94.3 Å². The van der Waals surface area contributed by atoms with Gasteiger partial charge in [0.15, 0.2) is 9.84 Å². The SMILES string of the molecule is CC(=O)NCc1ccc(C(c2cc(F)ccc2F)S(=O)(=O)c2ccc(Cl)cc2)nc1. The minimum Gasteiger partial charge on any atom is -0.352 e. The average Bonchev–Trinajstić information content (AvgIpc) is 2.70. The van der Waals surface area contributed by atoms with E-state index in [1.54, 1.807) is 6.07 Å². The van der Waals surface area contributed by atoms with Gasteiger partial charge in [-0.3, -0.25) is 9.78 Å². The highest BCUT2D eigenvalue weighted by molar-refractivity contribution is 7.91. The van der Waals surface area contributed by atoms with Crippen molar-refractivity contribution in [2.45, 2.75) is 23.6 Å². The summed E-state index contributed by atoms with van der Waals surface area (Å²) in [6, 6.07) is 11.0. The van der Waals surface area contributed by atoms with Gasteiger partial charge in [0.2, 0.25) is 5.91 Å². The zero-order valence-electron chi connectivity index (χ0n) is 15.8. The molecule has 0 bridgehead atoms. The van der Waals surface area contributed by atoms with Crippen LogP contribution in [0.2, 0.25) is 5.02 Å². The van der Waals surface area contributed by atoms with Crippen molar-refractivity contribution in [2.24, 2.45) is 0 Å². The molecule has 9 heteroatoms. The van der Waals surface area contributed by atoms with Crippen LogP contribution in [0.3, 0.4) is 0 Å². The number of rotatable bonds is 6. The Hall–Kier alpha value is -2.84. The van der Waals surface area contributed by atoms with E-state index in [0.29, 0.717) is 10.6 Å². The second-order valence-electron chi connectivity index (χ2n) is 6.55. The van der Waals surface area contributed by atoms with Gasteiger partial charge in [-0.05, 0) is 54.1 Å². The molecule has 156 valence electrons. The molecule has 0 aliphatic rings. The van der Waals surface area contributed by atoms with Crippen LogP contribution < -0.4 is 5.32 Å². The minimum absolute atomic E-state index is 0.0148. The fourth-order valence-electron chi connectivity index (χ4n) is 2.88. The molecule has 0 aliphatic heterocycles. The lowest BCUT2D eigenvalue weighted by Crippen LogP contribution is -2.20. The number of hydrogen-bond donors (Lipinski definition) is 1. The molecule has 1 N–H and O–H groups in total. The fraction of sp³-hybridized carbons (Fsp3) is 0.143. The van der Waals surface area contributed by atoms with Gasteiger partial charge in [0.05, 0.1) is 10.6 Å². The maximum absolute atomic E-state index is 14.6. The largest absolute Gasteiger partial charge is 0.352 e. The van der Waals surface area contributed by atoms with Gasteiger partial charge in [0.25, 0.3) is 0 Å². The molecule has 1 unspecified atom stereocenters. The van der Waals surface area contributed by atoms with E-state index < -0.39 is 26.7 Å². The summed E-state index contributed by atoms with van der Waals surface area (Å²) >= 11 is 5.84. The molecule has 0 saturated heterocycles. The highest BCUT2D eigenvalue weighted by Gasteiger charge is 2.34. The van der Waals surface area contributed by atoms with Crippen molar-refractivity contribution in [3.63, 3.8) is 0 Å². The van der Waals surface area contributed by atoms with Gasteiger partial charge in [0.1, 0.15) is 16.9 Å². The number of nitrogens with one attached hydrogen (secondary N) is 1. The van der Waals surface area contributed by atoms with Crippen molar-refractivity contribution in [3.8, 4) is 0 Å². The smallest absolute Gasteiger partial charge is 0.217 e. The van der Waals surface area contributed by atoms with E-state index in [2.05, 4.69) is 10.3 Å². The van der Waals surface area contributed by atoms with Gasteiger partial charge in [-0.1, -0.05) is 17.7 Å². The Morgan fingerprint density at radius 3 is 2.40 bits per heavy atom. The predicted molar refractivity (Wildman–Crippen MR) is 109 cm³/mol. The zero-order valence-corrected chi connectivity index (χ0v) is 17.3. The topological polar surface area (TPSA) is 76.1 Å². The van der Waals surface area contributed by atoms with Gasteiger partial charge < -0.3 is 5.32 Å². The molecule has 1 atom stereocenters. The second-order valence-corrected chi connectivity index (χ2v) is 9.02. The number of pyridine rings is 1. The summed E-state index contributed by atoms with van der Waals surface area (Å²) in [5.41, 5.74) is 0.282. The Bertz CT molecular complexity index is 1170. The van der Waals surface area contributed by atoms with Gasteiger partial charge >= 0.3 is 0 Å². The van der Waals surface area contributed by atoms with Crippen LogP contribution in [-0.4, -0.2) is 19.3 Å². The van der Waals surface area contributed by atoms with Crippen LogP contribution in [0.15, 0.2) is 65.7 Å². The first-order chi connectivity index (χ1) is 14.2. The average molecular weight is 451 g/mol. The van der Waals surface area contributed by atoms with E-state index in [9.17, 15) is 22.0 Å². The summed E-state index contributed by atoms with van der Waals surface area (Å²) in [6.45, 7) is 1.56. The lowest BCUT2D eigenvalue weighted by Gasteiger charge is -2.19. The number of sulfone groups is 1. The van der Waals surface area contributed by atoms with Crippen molar-refractivity contribution < 1.29 is 22.0 Å². The molecule has 30 heavy (non-hydrogen) atoms. The number of aromatic nitrogens is 1. The number of amides is 1. The molecular weight excluding hydrogens is 434 g/mol. The summed E-state index contributed by atoms with van der Waals surface area (Å²) in [5, 5.41) is 1.36. The van der Waals surface area contributed by atoms with Gasteiger partial charge in [-0.2, -0.15) is 0 Å². The second kappa shape index (κ2) is 8.89. The van der Waals surface area contributed by atoms with Crippen LogP contribution in [0.5, 0.6) is 0 Å². The Morgan fingerprint density at radius 1 is 1.10 bits per heavy atom. The van der Waals surface area contributed by atoms with Crippen molar-refractivity contribution in [1.29, 1.82) is 0 Å². The molecule has 0 fully saturated rings. The van der Waals surface area contributed by atoms with Crippen molar-refractivity contribution >= 4 is 27.3 Å². The van der Waals surface area contributed by atoms with Crippen LogP contribution in [0, 0.1) is 11.6 Å². The minimum atomic E-state index is -4.20. The van der Waals surface area contributed by atoms with E-state index in [1.165, 1.54) is 43.5 Å².